The fourth-order valence-corrected chi connectivity index (χ4v) is 4.70. The Labute approximate surface area is 195 Å². The Balaban J connectivity index is 1.62. The first-order chi connectivity index (χ1) is 16.4. The maximum absolute atomic E-state index is 13.9. The van der Waals surface area contributed by atoms with E-state index in [-0.39, 0.29) is 11.4 Å². The third-order valence-electron chi connectivity index (χ3n) is 6.42. The monoisotopic (exact) mass is 459 g/mol. The van der Waals surface area contributed by atoms with Crippen LogP contribution < -0.4 is 14.7 Å². The second-order valence-corrected chi connectivity index (χ2v) is 8.36. The summed E-state index contributed by atoms with van der Waals surface area (Å²) in [5.74, 6) is -0.394. The lowest BCUT2D eigenvalue weighted by Gasteiger charge is -2.32. The van der Waals surface area contributed by atoms with Gasteiger partial charge in [-0.15, -0.1) is 0 Å². The lowest BCUT2D eigenvalue weighted by atomic mass is 9.76. The molecule has 2 heterocycles. The summed E-state index contributed by atoms with van der Waals surface area (Å²) >= 11 is 0. The lowest BCUT2D eigenvalue weighted by molar-refractivity contribution is -0.384. The van der Waals surface area contributed by atoms with Gasteiger partial charge in [-0.05, 0) is 42.8 Å². The minimum absolute atomic E-state index is 0.142. The van der Waals surface area contributed by atoms with E-state index in [9.17, 15) is 19.7 Å². The molecule has 2 aliphatic heterocycles. The van der Waals surface area contributed by atoms with E-state index in [0.717, 1.165) is 10.5 Å². The highest BCUT2D eigenvalue weighted by atomic mass is 16.7. The van der Waals surface area contributed by atoms with Gasteiger partial charge < -0.3 is 4.74 Å². The van der Waals surface area contributed by atoms with Gasteiger partial charge in [-0.1, -0.05) is 36.4 Å². The van der Waals surface area contributed by atoms with Crippen LogP contribution in [0.4, 0.5) is 17.1 Å². The largest absolute Gasteiger partial charge is 0.497 e. The van der Waals surface area contributed by atoms with Gasteiger partial charge in [0.2, 0.25) is 5.91 Å². The van der Waals surface area contributed by atoms with Gasteiger partial charge in [-0.25, -0.2) is 9.96 Å². The zero-order chi connectivity index (χ0) is 24.0. The van der Waals surface area contributed by atoms with Crippen LogP contribution in [-0.4, -0.2) is 30.0 Å². The minimum Gasteiger partial charge on any atom is -0.497 e. The molecule has 0 bridgehead atoms. The standard InChI is InChI=1S/C25H21N3O6/c1-25-21(16-11-13-20(33-2)14-12-16)27(17-7-4-3-5-8-17)34-22(25)23(29)26(24(25)30)18-9-6-10-19(15-18)28(31)32/h3-15,21-22H,1-2H3/t21-,22-,25+/m0/s1. The first kappa shape index (κ1) is 21.6. The Hall–Kier alpha value is -4.24. The van der Waals surface area contributed by atoms with Gasteiger partial charge in [-0.3, -0.25) is 24.5 Å². The fraction of sp³-hybridized carbons (Fsp3) is 0.200. The number of methoxy groups -OCH3 is 1. The molecule has 2 saturated heterocycles. The number of imide groups is 1. The summed E-state index contributed by atoms with van der Waals surface area (Å²) in [5, 5.41) is 12.9. The molecule has 9 heteroatoms. The van der Waals surface area contributed by atoms with Gasteiger partial charge in [0.25, 0.3) is 11.6 Å². The summed E-state index contributed by atoms with van der Waals surface area (Å²) < 4.78 is 5.27. The number of anilines is 2. The van der Waals surface area contributed by atoms with Crippen molar-refractivity contribution in [1.29, 1.82) is 0 Å². The van der Waals surface area contributed by atoms with Crippen molar-refractivity contribution in [1.82, 2.24) is 0 Å². The van der Waals surface area contributed by atoms with Crippen LogP contribution >= 0.6 is 0 Å². The molecule has 3 aromatic rings. The zero-order valence-corrected chi connectivity index (χ0v) is 18.5. The molecule has 3 aromatic carbocycles. The molecule has 3 atom stereocenters. The van der Waals surface area contributed by atoms with E-state index in [1.807, 2.05) is 42.5 Å². The van der Waals surface area contributed by atoms with Crippen molar-refractivity contribution in [2.75, 3.05) is 17.1 Å². The van der Waals surface area contributed by atoms with Crippen molar-refractivity contribution in [2.24, 2.45) is 5.41 Å². The third kappa shape index (κ3) is 3.12. The average molecular weight is 459 g/mol. The summed E-state index contributed by atoms with van der Waals surface area (Å²) in [6, 6.07) is 21.3. The molecule has 9 nitrogen and oxygen atoms in total. The van der Waals surface area contributed by atoms with Crippen LogP contribution in [0.5, 0.6) is 5.75 Å². The number of para-hydroxylation sites is 1. The van der Waals surface area contributed by atoms with Crippen molar-refractivity contribution < 1.29 is 24.1 Å². The molecular weight excluding hydrogens is 438 g/mol. The molecule has 2 aliphatic rings. The highest BCUT2D eigenvalue weighted by Gasteiger charge is 2.68. The number of fused-ring (bicyclic) bond motifs is 1. The van der Waals surface area contributed by atoms with Gasteiger partial charge in [-0.2, -0.15) is 0 Å². The number of hydrogen-bond donors (Lipinski definition) is 0. The van der Waals surface area contributed by atoms with E-state index in [2.05, 4.69) is 0 Å². The number of nitrogens with zero attached hydrogens (tertiary/aromatic N) is 3. The Morgan fingerprint density at radius 3 is 2.29 bits per heavy atom. The summed E-state index contributed by atoms with van der Waals surface area (Å²) in [7, 11) is 1.57. The Bertz CT molecular complexity index is 1280. The molecular formula is C25H21N3O6. The quantitative estimate of drug-likeness (QED) is 0.322. The van der Waals surface area contributed by atoms with E-state index >= 15 is 0 Å². The van der Waals surface area contributed by atoms with E-state index in [1.54, 1.807) is 31.2 Å². The van der Waals surface area contributed by atoms with Crippen molar-refractivity contribution in [3.63, 3.8) is 0 Å². The predicted molar refractivity (Wildman–Crippen MR) is 123 cm³/mol. The number of benzene rings is 3. The second-order valence-electron chi connectivity index (χ2n) is 8.36. The van der Waals surface area contributed by atoms with Gasteiger partial charge >= 0.3 is 0 Å². The minimum atomic E-state index is -1.29. The molecule has 0 saturated carbocycles. The number of carbonyl (C=O) groups excluding carboxylic acids is 2. The third-order valence-corrected chi connectivity index (χ3v) is 6.42. The number of rotatable bonds is 5. The van der Waals surface area contributed by atoms with Gasteiger partial charge in [0.05, 0.1) is 29.4 Å². The number of non-ortho nitro benzene ring substituents is 1. The molecule has 5 rings (SSSR count). The Morgan fingerprint density at radius 2 is 1.65 bits per heavy atom. The summed E-state index contributed by atoms with van der Waals surface area (Å²) in [6.45, 7) is 1.70. The SMILES string of the molecule is COc1ccc([C@@H]2N(c3ccccc3)O[C@H]3C(=O)N(c4cccc([N+](=O)[O-])c4)C(=O)[C@]23C)cc1. The maximum atomic E-state index is 13.9. The molecule has 2 fully saturated rings. The van der Waals surface area contributed by atoms with Crippen LogP contribution in [0.3, 0.4) is 0 Å². The number of amides is 2. The molecule has 0 spiro atoms. The number of hydrogen-bond acceptors (Lipinski definition) is 7. The Morgan fingerprint density at radius 1 is 0.971 bits per heavy atom. The maximum Gasteiger partial charge on any atom is 0.271 e. The van der Waals surface area contributed by atoms with E-state index in [0.29, 0.717) is 11.4 Å². The van der Waals surface area contributed by atoms with Crippen LogP contribution in [0.2, 0.25) is 0 Å². The van der Waals surface area contributed by atoms with E-state index in [1.165, 1.54) is 24.3 Å². The molecule has 0 radical (unpaired) electrons. The van der Waals surface area contributed by atoms with Crippen LogP contribution in [0.1, 0.15) is 18.5 Å². The number of carbonyl (C=O) groups is 2. The average Bonchev–Trinajstić information content (AvgIpc) is 3.27. The molecule has 0 unspecified atom stereocenters. The molecule has 172 valence electrons. The highest BCUT2D eigenvalue weighted by molar-refractivity contribution is 6.25. The number of ether oxygens (including phenoxy) is 1. The first-order valence-corrected chi connectivity index (χ1v) is 10.6. The zero-order valence-electron chi connectivity index (χ0n) is 18.5. The predicted octanol–water partition coefficient (Wildman–Crippen LogP) is 4.04. The van der Waals surface area contributed by atoms with Crippen molar-refractivity contribution in [2.45, 2.75) is 19.1 Å². The smallest absolute Gasteiger partial charge is 0.271 e. The second kappa shape index (κ2) is 7.96. The normalized spacial score (nSPS) is 23.8. The van der Waals surface area contributed by atoms with Crippen molar-refractivity contribution >= 4 is 28.9 Å². The van der Waals surface area contributed by atoms with Crippen LogP contribution in [0.15, 0.2) is 78.9 Å². The summed E-state index contributed by atoms with van der Waals surface area (Å²) in [6.07, 6.45) is -1.11. The van der Waals surface area contributed by atoms with Gasteiger partial charge in [0, 0.05) is 12.1 Å². The number of nitro benzene ring substituents is 1. The van der Waals surface area contributed by atoms with E-state index in [4.69, 9.17) is 9.57 Å². The van der Waals surface area contributed by atoms with Crippen LogP contribution in [0, 0.1) is 15.5 Å². The summed E-state index contributed by atoms with van der Waals surface area (Å²) in [4.78, 5) is 45.2. The fourth-order valence-electron chi connectivity index (χ4n) is 4.70. The highest BCUT2D eigenvalue weighted by Crippen LogP contribution is 2.55. The topological polar surface area (TPSA) is 102 Å². The molecule has 0 aliphatic carbocycles. The van der Waals surface area contributed by atoms with Gasteiger partial charge in [0.15, 0.2) is 6.10 Å². The van der Waals surface area contributed by atoms with Crippen molar-refractivity contribution in [3.05, 3.63) is 94.5 Å². The van der Waals surface area contributed by atoms with E-state index < -0.39 is 34.3 Å². The molecule has 34 heavy (non-hydrogen) atoms. The van der Waals surface area contributed by atoms with Crippen LogP contribution in [-0.2, 0) is 14.4 Å². The molecule has 2 amide bonds. The van der Waals surface area contributed by atoms with Crippen LogP contribution in [0.25, 0.3) is 0 Å². The molecule has 0 aromatic heterocycles. The number of nitro groups is 1. The Kier molecular flexibility index (Phi) is 5.06. The first-order valence-electron chi connectivity index (χ1n) is 10.6. The van der Waals surface area contributed by atoms with Crippen molar-refractivity contribution in [3.8, 4) is 5.75 Å². The summed E-state index contributed by atoms with van der Waals surface area (Å²) in [5.41, 5.74) is 0.103. The molecule has 0 N–H and O–H groups in total. The lowest BCUT2D eigenvalue weighted by Crippen LogP contribution is -2.41. The number of hydroxylamine groups is 1. The van der Waals surface area contributed by atoms with Gasteiger partial charge in [0.1, 0.15) is 11.2 Å².